The molecule has 19 heavy (non-hydrogen) atoms. The molecule has 2 aromatic rings. The van der Waals surface area contributed by atoms with Gasteiger partial charge in [0, 0.05) is 22.7 Å². The first-order valence-corrected chi connectivity index (χ1v) is 7.58. The molecular formula is C15H21N3S. The highest BCUT2D eigenvalue weighted by Crippen LogP contribution is 2.16. The van der Waals surface area contributed by atoms with Gasteiger partial charge in [0.15, 0.2) is 0 Å². The molecule has 2 aromatic heterocycles. The zero-order valence-corrected chi connectivity index (χ0v) is 12.7. The fraction of sp³-hybridized carbons (Fsp3) is 0.467. The minimum Gasteiger partial charge on any atom is -0.320 e. The molecule has 0 spiro atoms. The summed E-state index contributed by atoms with van der Waals surface area (Å²) in [5.41, 5.74) is 3.58. The maximum Gasteiger partial charge on any atom is 0.134 e. The first-order valence-electron chi connectivity index (χ1n) is 6.70. The summed E-state index contributed by atoms with van der Waals surface area (Å²) in [6.07, 6.45) is 3.03. The second kappa shape index (κ2) is 6.78. The van der Waals surface area contributed by atoms with E-state index in [0.717, 1.165) is 43.0 Å². The van der Waals surface area contributed by atoms with E-state index < -0.39 is 0 Å². The van der Waals surface area contributed by atoms with Crippen molar-refractivity contribution in [1.82, 2.24) is 15.3 Å². The Bertz CT molecular complexity index is 497. The Kier molecular flexibility index (Phi) is 5.05. The zero-order chi connectivity index (χ0) is 13.7. The van der Waals surface area contributed by atoms with Crippen LogP contribution in [0.1, 0.15) is 34.1 Å². The van der Waals surface area contributed by atoms with Crippen LogP contribution in [0, 0.1) is 13.8 Å². The molecule has 0 radical (unpaired) electrons. The third kappa shape index (κ3) is 3.85. The van der Waals surface area contributed by atoms with Gasteiger partial charge in [0.2, 0.25) is 0 Å². The lowest BCUT2D eigenvalue weighted by Gasteiger charge is -2.10. The largest absolute Gasteiger partial charge is 0.320 e. The van der Waals surface area contributed by atoms with Gasteiger partial charge in [0.1, 0.15) is 5.82 Å². The fourth-order valence-electron chi connectivity index (χ4n) is 2.26. The number of aromatic nitrogens is 2. The summed E-state index contributed by atoms with van der Waals surface area (Å²) in [5.74, 6) is 0.940. The first kappa shape index (κ1) is 14.2. The quantitative estimate of drug-likeness (QED) is 0.824. The van der Waals surface area contributed by atoms with E-state index in [-0.39, 0.29) is 0 Å². The Hall–Kier alpha value is -1.26. The summed E-state index contributed by atoms with van der Waals surface area (Å²) in [4.78, 5) is 10.6. The van der Waals surface area contributed by atoms with Gasteiger partial charge in [-0.15, -0.1) is 11.3 Å². The maximum absolute atomic E-state index is 4.66. The van der Waals surface area contributed by atoms with Crippen molar-refractivity contribution in [3.63, 3.8) is 0 Å². The molecule has 0 saturated heterocycles. The molecule has 0 aliphatic carbocycles. The summed E-state index contributed by atoms with van der Waals surface area (Å²) >= 11 is 1.76. The number of aryl methyl sites for hydroxylation is 2. The van der Waals surface area contributed by atoms with E-state index in [9.17, 15) is 0 Å². The minimum atomic E-state index is 0.843. The van der Waals surface area contributed by atoms with Crippen molar-refractivity contribution in [3.05, 3.63) is 45.2 Å². The Labute approximate surface area is 119 Å². The van der Waals surface area contributed by atoms with Crippen LogP contribution in [0.3, 0.4) is 0 Å². The molecule has 2 rings (SSSR count). The van der Waals surface area contributed by atoms with Crippen LogP contribution in [0.15, 0.2) is 17.5 Å². The van der Waals surface area contributed by atoms with E-state index in [1.165, 1.54) is 10.4 Å². The van der Waals surface area contributed by atoms with E-state index in [2.05, 4.69) is 46.6 Å². The molecule has 0 bridgehead atoms. The van der Waals surface area contributed by atoms with Crippen LogP contribution in [-0.2, 0) is 12.8 Å². The summed E-state index contributed by atoms with van der Waals surface area (Å²) in [7, 11) is 1.99. The number of nitrogens with one attached hydrogen (secondary N) is 1. The van der Waals surface area contributed by atoms with E-state index in [1.54, 1.807) is 11.3 Å². The van der Waals surface area contributed by atoms with Gasteiger partial charge in [-0.1, -0.05) is 6.07 Å². The molecule has 2 heterocycles. The molecule has 3 nitrogen and oxygen atoms in total. The van der Waals surface area contributed by atoms with Crippen LogP contribution >= 0.6 is 11.3 Å². The van der Waals surface area contributed by atoms with E-state index in [4.69, 9.17) is 0 Å². The van der Waals surface area contributed by atoms with Gasteiger partial charge >= 0.3 is 0 Å². The molecular weight excluding hydrogens is 254 g/mol. The lowest BCUT2D eigenvalue weighted by atomic mass is 10.1. The number of nitrogens with zero attached hydrogens (tertiary/aromatic N) is 2. The van der Waals surface area contributed by atoms with Gasteiger partial charge in [0.25, 0.3) is 0 Å². The topological polar surface area (TPSA) is 37.8 Å². The molecule has 1 N–H and O–H groups in total. The normalized spacial score (nSPS) is 10.9. The number of rotatable bonds is 6. The maximum atomic E-state index is 4.66. The molecule has 4 heteroatoms. The summed E-state index contributed by atoms with van der Waals surface area (Å²) in [6.45, 7) is 5.23. The van der Waals surface area contributed by atoms with Gasteiger partial charge in [-0.25, -0.2) is 9.97 Å². The van der Waals surface area contributed by atoms with Gasteiger partial charge in [-0.3, -0.25) is 0 Å². The highest BCUT2D eigenvalue weighted by Gasteiger charge is 2.09. The molecule has 0 atom stereocenters. The Morgan fingerprint density at radius 2 is 1.95 bits per heavy atom. The van der Waals surface area contributed by atoms with Crippen molar-refractivity contribution in [1.29, 1.82) is 0 Å². The third-order valence-corrected chi connectivity index (χ3v) is 4.11. The molecule has 0 aromatic carbocycles. The predicted octanol–water partition coefficient (Wildman–Crippen LogP) is 2.90. The summed E-state index contributed by atoms with van der Waals surface area (Å²) in [5, 5.41) is 5.28. The monoisotopic (exact) mass is 275 g/mol. The van der Waals surface area contributed by atoms with Crippen molar-refractivity contribution >= 4 is 11.3 Å². The average Bonchev–Trinajstić information content (AvgIpc) is 2.85. The molecule has 0 saturated carbocycles. The van der Waals surface area contributed by atoms with Gasteiger partial charge < -0.3 is 5.32 Å². The van der Waals surface area contributed by atoms with Crippen molar-refractivity contribution in [3.8, 4) is 0 Å². The lowest BCUT2D eigenvalue weighted by molar-refractivity contribution is 0.712. The van der Waals surface area contributed by atoms with Crippen molar-refractivity contribution < 1.29 is 0 Å². The summed E-state index contributed by atoms with van der Waals surface area (Å²) < 4.78 is 0. The van der Waals surface area contributed by atoms with Gasteiger partial charge in [0.05, 0.1) is 0 Å². The van der Waals surface area contributed by atoms with Crippen LogP contribution in [-0.4, -0.2) is 23.6 Å². The molecule has 0 fully saturated rings. The second-order valence-corrected chi connectivity index (χ2v) is 5.78. The fourth-order valence-corrected chi connectivity index (χ4v) is 2.96. The predicted molar refractivity (Wildman–Crippen MR) is 80.9 cm³/mol. The second-order valence-electron chi connectivity index (χ2n) is 4.75. The van der Waals surface area contributed by atoms with E-state index in [0.29, 0.717) is 0 Å². The number of hydrogen-bond acceptors (Lipinski definition) is 4. The van der Waals surface area contributed by atoms with Crippen LogP contribution in [0.25, 0.3) is 0 Å². The third-order valence-electron chi connectivity index (χ3n) is 3.23. The van der Waals surface area contributed by atoms with Gasteiger partial charge in [-0.05, 0) is 57.3 Å². The lowest BCUT2D eigenvalue weighted by Crippen LogP contribution is -2.11. The minimum absolute atomic E-state index is 0.843. The Morgan fingerprint density at radius 3 is 2.53 bits per heavy atom. The highest BCUT2D eigenvalue weighted by atomic mass is 32.1. The van der Waals surface area contributed by atoms with Crippen molar-refractivity contribution in [2.24, 2.45) is 0 Å². The first-order chi connectivity index (χ1) is 9.20. The molecule has 0 amide bonds. The number of thiophene rings is 1. The molecule has 0 aliphatic rings. The molecule has 102 valence electrons. The van der Waals surface area contributed by atoms with E-state index in [1.807, 2.05) is 7.05 Å². The Balaban J connectivity index is 2.12. The molecule has 0 unspecified atom stereocenters. The SMILES string of the molecule is CNCCCc1c(C)nc(Cc2cccs2)nc1C. The van der Waals surface area contributed by atoms with E-state index >= 15 is 0 Å². The number of hydrogen-bond donors (Lipinski definition) is 1. The average molecular weight is 275 g/mol. The van der Waals surface area contributed by atoms with Crippen molar-refractivity contribution in [2.75, 3.05) is 13.6 Å². The van der Waals surface area contributed by atoms with Crippen LogP contribution in [0.5, 0.6) is 0 Å². The van der Waals surface area contributed by atoms with Crippen LogP contribution < -0.4 is 5.32 Å². The van der Waals surface area contributed by atoms with Crippen molar-refractivity contribution in [2.45, 2.75) is 33.1 Å². The van der Waals surface area contributed by atoms with Crippen LogP contribution in [0.4, 0.5) is 0 Å². The highest BCUT2D eigenvalue weighted by molar-refractivity contribution is 7.09. The van der Waals surface area contributed by atoms with Gasteiger partial charge in [-0.2, -0.15) is 0 Å². The standard InChI is InChI=1S/C15H21N3S/c1-11-14(7-4-8-16-3)12(2)18-15(17-11)10-13-6-5-9-19-13/h5-6,9,16H,4,7-8,10H2,1-3H3. The zero-order valence-electron chi connectivity index (χ0n) is 11.9. The molecule has 0 aliphatic heterocycles. The summed E-state index contributed by atoms with van der Waals surface area (Å²) in [6, 6.07) is 4.21. The Morgan fingerprint density at radius 1 is 1.21 bits per heavy atom. The van der Waals surface area contributed by atoms with Crippen LogP contribution in [0.2, 0.25) is 0 Å². The smallest absolute Gasteiger partial charge is 0.134 e.